The molecule has 0 radical (unpaired) electrons. The summed E-state index contributed by atoms with van der Waals surface area (Å²) in [6.07, 6.45) is 2.86. The van der Waals surface area contributed by atoms with Crippen molar-refractivity contribution in [3.8, 4) is 0 Å². The smallest absolute Gasteiger partial charge is 0.303 e. The van der Waals surface area contributed by atoms with E-state index in [4.69, 9.17) is 14.6 Å². The van der Waals surface area contributed by atoms with Crippen molar-refractivity contribution in [2.45, 2.75) is 51.6 Å². The van der Waals surface area contributed by atoms with Crippen molar-refractivity contribution >= 4 is 5.97 Å². The summed E-state index contributed by atoms with van der Waals surface area (Å²) >= 11 is 0. The quantitative estimate of drug-likeness (QED) is 0.731. The van der Waals surface area contributed by atoms with Crippen LogP contribution in [0.4, 0.5) is 0 Å². The summed E-state index contributed by atoms with van der Waals surface area (Å²) in [6, 6.07) is 0. The molecule has 0 spiro atoms. The van der Waals surface area contributed by atoms with Gasteiger partial charge in [0.05, 0.1) is 12.5 Å². The van der Waals surface area contributed by atoms with E-state index in [1.54, 1.807) is 0 Å². The van der Waals surface area contributed by atoms with Gasteiger partial charge in [0.2, 0.25) is 0 Å². The van der Waals surface area contributed by atoms with E-state index < -0.39 is 11.8 Å². The van der Waals surface area contributed by atoms with Crippen molar-refractivity contribution in [2.24, 2.45) is 5.92 Å². The van der Waals surface area contributed by atoms with Gasteiger partial charge >= 0.3 is 5.97 Å². The van der Waals surface area contributed by atoms with Gasteiger partial charge in [0.25, 0.3) is 0 Å². The summed E-state index contributed by atoms with van der Waals surface area (Å²) in [5, 5.41) is 8.84. The first-order chi connectivity index (χ1) is 7.43. The van der Waals surface area contributed by atoms with Crippen LogP contribution < -0.4 is 0 Å². The predicted octanol–water partition coefficient (Wildman–Crippen LogP) is 1.95. The maximum atomic E-state index is 10.8. The SMILES string of the molecule is CC=C1[C@H](CC(=O)O)C[C@H]2OC(C)(C)O[C@@H]12. The summed E-state index contributed by atoms with van der Waals surface area (Å²) in [5.74, 6) is -1.24. The number of aliphatic carboxylic acids is 1. The Labute approximate surface area is 95.2 Å². The highest BCUT2D eigenvalue weighted by Crippen LogP contribution is 2.45. The Kier molecular flexibility index (Phi) is 2.80. The van der Waals surface area contributed by atoms with Crippen LogP contribution in [0, 0.1) is 5.92 Å². The molecule has 0 bridgehead atoms. The molecule has 1 saturated carbocycles. The van der Waals surface area contributed by atoms with Crippen molar-refractivity contribution in [2.75, 3.05) is 0 Å². The Morgan fingerprint density at radius 1 is 1.56 bits per heavy atom. The lowest BCUT2D eigenvalue weighted by Crippen LogP contribution is -2.24. The van der Waals surface area contributed by atoms with E-state index >= 15 is 0 Å². The van der Waals surface area contributed by atoms with Crippen LogP contribution in [0.5, 0.6) is 0 Å². The van der Waals surface area contributed by atoms with Gasteiger partial charge in [0, 0.05) is 0 Å². The van der Waals surface area contributed by atoms with Gasteiger partial charge in [0.1, 0.15) is 6.10 Å². The van der Waals surface area contributed by atoms with Gasteiger partial charge in [-0.3, -0.25) is 4.79 Å². The van der Waals surface area contributed by atoms with Crippen LogP contribution in [0.3, 0.4) is 0 Å². The molecule has 2 fully saturated rings. The third-order valence-corrected chi connectivity index (χ3v) is 3.25. The number of hydrogen-bond donors (Lipinski definition) is 1. The minimum absolute atomic E-state index is 0.0190. The number of fused-ring (bicyclic) bond motifs is 1. The van der Waals surface area contributed by atoms with Crippen LogP contribution in [0.2, 0.25) is 0 Å². The van der Waals surface area contributed by atoms with Gasteiger partial charge in [-0.2, -0.15) is 0 Å². The summed E-state index contributed by atoms with van der Waals surface area (Å²) in [5.41, 5.74) is 1.08. The zero-order valence-corrected chi connectivity index (χ0v) is 9.90. The third-order valence-electron chi connectivity index (χ3n) is 3.25. The first-order valence-electron chi connectivity index (χ1n) is 5.66. The molecule has 0 aromatic carbocycles. The van der Waals surface area contributed by atoms with E-state index in [1.165, 1.54) is 0 Å². The van der Waals surface area contributed by atoms with Crippen molar-refractivity contribution in [3.05, 3.63) is 11.6 Å². The maximum absolute atomic E-state index is 10.8. The van der Waals surface area contributed by atoms with Crippen LogP contribution >= 0.6 is 0 Å². The van der Waals surface area contributed by atoms with Gasteiger partial charge < -0.3 is 14.6 Å². The second kappa shape index (κ2) is 3.86. The lowest BCUT2D eigenvalue weighted by atomic mass is 9.98. The molecule has 1 N–H and O–H groups in total. The third kappa shape index (κ3) is 1.99. The van der Waals surface area contributed by atoms with Gasteiger partial charge in [-0.05, 0) is 38.7 Å². The molecule has 1 aliphatic carbocycles. The average Bonchev–Trinajstić information content (AvgIpc) is 2.54. The monoisotopic (exact) mass is 226 g/mol. The average molecular weight is 226 g/mol. The molecule has 4 nitrogen and oxygen atoms in total. The fraction of sp³-hybridized carbons (Fsp3) is 0.750. The minimum atomic E-state index is -0.761. The Balaban J connectivity index is 2.13. The fourth-order valence-electron chi connectivity index (χ4n) is 2.75. The number of ether oxygens (including phenoxy) is 2. The van der Waals surface area contributed by atoms with Crippen LogP contribution in [0.25, 0.3) is 0 Å². The standard InChI is InChI=1S/C12H18O4/c1-4-8-7(6-10(13)14)5-9-11(8)16-12(2,3)15-9/h4,7,9,11H,5-6H2,1-3H3,(H,13,14)/t7-,9+,11-/m0/s1. The van der Waals surface area contributed by atoms with Crippen molar-refractivity contribution < 1.29 is 19.4 Å². The van der Waals surface area contributed by atoms with Crippen LogP contribution in [-0.4, -0.2) is 29.1 Å². The molecule has 90 valence electrons. The number of carboxylic acids is 1. The molecular weight excluding hydrogens is 208 g/mol. The minimum Gasteiger partial charge on any atom is -0.481 e. The molecule has 1 saturated heterocycles. The van der Waals surface area contributed by atoms with Gasteiger partial charge in [-0.15, -0.1) is 0 Å². The van der Waals surface area contributed by atoms with Gasteiger partial charge in [-0.25, -0.2) is 0 Å². The van der Waals surface area contributed by atoms with E-state index in [0.717, 1.165) is 12.0 Å². The number of allylic oxidation sites excluding steroid dienone is 1. The Hall–Kier alpha value is -0.870. The molecule has 0 aromatic rings. The Bertz CT molecular complexity index is 332. The number of rotatable bonds is 2. The summed E-state index contributed by atoms with van der Waals surface area (Å²) < 4.78 is 11.6. The summed E-state index contributed by atoms with van der Waals surface area (Å²) in [4.78, 5) is 10.8. The van der Waals surface area contributed by atoms with E-state index in [2.05, 4.69) is 0 Å². The van der Waals surface area contributed by atoms with E-state index in [0.29, 0.717) is 0 Å². The molecule has 0 aromatic heterocycles. The van der Waals surface area contributed by atoms with E-state index in [-0.39, 0.29) is 24.5 Å². The van der Waals surface area contributed by atoms with Crippen LogP contribution in [-0.2, 0) is 14.3 Å². The molecule has 3 atom stereocenters. The van der Waals surface area contributed by atoms with Crippen molar-refractivity contribution in [1.29, 1.82) is 0 Å². The lowest BCUT2D eigenvalue weighted by Gasteiger charge is -2.21. The second-order valence-corrected chi connectivity index (χ2v) is 4.91. The molecule has 0 amide bonds. The lowest BCUT2D eigenvalue weighted by molar-refractivity contribution is -0.150. The van der Waals surface area contributed by atoms with Crippen LogP contribution in [0.15, 0.2) is 11.6 Å². The van der Waals surface area contributed by atoms with Gasteiger partial charge in [0.15, 0.2) is 5.79 Å². The molecule has 16 heavy (non-hydrogen) atoms. The molecular formula is C12H18O4. The highest BCUT2D eigenvalue weighted by Gasteiger charge is 2.50. The normalized spacial score (nSPS) is 38.9. The molecule has 1 aliphatic heterocycles. The highest BCUT2D eigenvalue weighted by molar-refractivity contribution is 5.67. The number of carbonyl (C=O) groups is 1. The first kappa shape index (κ1) is 11.6. The zero-order valence-electron chi connectivity index (χ0n) is 9.90. The Morgan fingerprint density at radius 3 is 2.81 bits per heavy atom. The highest BCUT2D eigenvalue weighted by atomic mass is 16.8. The van der Waals surface area contributed by atoms with Crippen molar-refractivity contribution in [1.82, 2.24) is 0 Å². The van der Waals surface area contributed by atoms with E-state index in [1.807, 2.05) is 26.8 Å². The fourth-order valence-corrected chi connectivity index (χ4v) is 2.75. The number of hydrogen-bond acceptors (Lipinski definition) is 3. The molecule has 0 unspecified atom stereocenters. The predicted molar refractivity (Wildman–Crippen MR) is 57.9 cm³/mol. The zero-order chi connectivity index (χ0) is 11.9. The summed E-state index contributed by atoms with van der Waals surface area (Å²) in [6.45, 7) is 5.72. The largest absolute Gasteiger partial charge is 0.481 e. The topological polar surface area (TPSA) is 55.8 Å². The molecule has 4 heteroatoms. The number of carboxylic acid groups (broad SMARTS) is 1. The maximum Gasteiger partial charge on any atom is 0.303 e. The van der Waals surface area contributed by atoms with Gasteiger partial charge in [-0.1, -0.05) is 6.08 Å². The Morgan fingerprint density at radius 2 is 2.25 bits per heavy atom. The molecule has 1 heterocycles. The van der Waals surface area contributed by atoms with Crippen LogP contribution in [0.1, 0.15) is 33.6 Å². The van der Waals surface area contributed by atoms with E-state index in [9.17, 15) is 4.79 Å². The summed E-state index contributed by atoms with van der Waals surface area (Å²) in [7, 11) is 0. The van der Waals surface area contributed by atoms with Crippen molar-refractivity contribution in [3.63, 3.8) is 0 Å². The first-order valence-corrected chi connectivity index (χ1v) is 5.66. The molecule has 2 aliphatic rings. The molecule has 2 rings (SSSR count). The second-order valence-electron chi connectivity index (χ2n) is 4.91.